The summed E-state index contributed by atoms with van der Waals surface area (Å²) in [5, 5.41) is 0. The molecule has 0 unspecified atom stereocenters. The van der Waals surface area contributed by atoms with Crippen LogP contribution in [0.4, 0.5) is 13.2 Å². The Morgan fingerprint density at radius 2 is 1.13 bits per heavy atom. The van der Waals surface area contributed by atoms with Crippen molar-refractivity contribution in [3.05, 3.63) is 23.3 Å². The van der Waals surface area contributed by atoms with Crippen LogP contribution in [0, 0.1) is 0 Å². The molecule has 0 aromatic heterocycles. The van der Waals surface area contributed by atoms with Gasteiger partial charge in [0.05, 0.1) is 0 Å². The molecular formula is C12H23F3. The fraction of sp³-hybridized carbons (Fsp3) is 0.667. The third-order valence-corrected chi connectivity index (χ3v) is 1.11. The molecule has 92 valence electrons. The molecule has 0 aliphatic rings. The molecule has 0 bridgehead atoms. The molecule has 0 spiro atoms. The zero-order valence-corrected chi connectivity index (χ0v) is 10.8. The van der Waals surface area contributed by atoms with Crippen molar-refractivity contribution in [1.82, 2.24) is 0 Å². The van der Waals surface area contributed by atoms with E-state index < -0.39 is 11.7 Å². The van der Waals surface area contributed by atoms with E-state index in [1.54, 1.807) is 13.8 Å². The van der Waals surface area contributed by atoms with Gasteiger partial charge in [-0.3, -0.25) is 0 Å². The van der Waals surface area contributed by atoms with E-state index in [1.165, 1.54) is 6.08 Å². The van der Waals surface area contributed by atoms with Crippen LogP contribution in [-0.2, 0) is 0 Å². The normalized spacial score (nSPS) is 10.4. The second-order valence-corrected chi connectivity index (χ2v) is 2.59. The van der Waals surface area contributed by atoms with Gasteiger partial charge in [0.1, 0.15) is 0 Å². The van der Waals surface area contributed by atoms with Crippen LogP contribution in [-0.4, -0.2) is 6.18 Å². The lowest BCUT2D eigenvalue weighted by Crippen LogP contribution is -2.08. The lowest BCUT2D eigenvalue weighted by molar-refractivity contribution is -0.0912. The van der Waals surface area contributed by atoms with E-state index in [0.29, 0.717) is 0 Å². The summed E-state index contributed by atoms with van der Waals surface area (Å²) in [6.45, 7) is 12.6. The predicted octanol–water partition coefficient (Wildman–Crippen LogP) is 5.51. The topological polar surface area (TPSA) is 0 Å². The Morgan fingerprint density at radius 1 is 0.800 bits per heavy atom. The van der Waals surface area contributed by atoms with Crippen LogP contribution in [0.2, 0.25) is 0 Å². The van der Waals surface area contributed by atoms with Crippen LogP contribution >= 0.6 is 0 Å². The summed E-state index contributed by atoms with van der Waals surface area (Å²) in [6, 6.07) is 0. The zero-order chi connectivity index (χ0) is 13.1. The standard InChI is InChI=1S/C8H11F3.2C2H6/c1-6(2)4-5-7(3)8(9,10)11;2*1-2/h4-5H,1-3H3;2*1-2H3/b7-5+;;. The van der Waals surface area contributed by atoms with Crippen LogP contribution in [0.3, 0.4) is 0 Å². The van der Waals surface area contributed by atoms with Crippen LogP contribution < -0.4 is 0 Å². The van der Waals surface area contributed by atoms with Gasteiger partial charge in [-0.05, 0) is 20.8 Å². The molecule has 0 amide bonds. The minimum Gasteiger partial charge on any atom is -0.166 e. The van der Waals surface area contributed by atoms with E-state index in [1.807, 2.05) is 27.7 Å². The monoisotopic (exact) mass is 224 g/mol. The molecule has 0 aromatic rings. The number of hydrogen-bond donors (Lipinski definition) is 0. The van der Waals surface area contributed by atoms with E-state index in [2.05, 4.69) is 0 Å². The smallest absolute Gasteiger partial charge is 0.166 e. The second-order valence-electron chi connectivity index (χ2n) is 2.59. The number of hydrogen-bond acceptors (Lipinski definition) is 0. The Balaban J connectivity index is -0.000000318. The molecule has 0 N–H and O–H groups in total. The molecule has 0 saturated heterocycles. The van der Waals surface area contributed by atoms with Crippen LogP contribution in [0.15, 0.2) is 23.3 Å². The Bertz CT molecular complexity index is 182. The Morgan fingerprint density at radius 3 is 1.33 bits per heavy atom. The molecule has 0 atom stereocenters. The van der Waals surface area contributed by atoms with Crippen molar-refractivity contribution in [2.45, 2.75) is 54.6 Å². The summed E-state index contributed by atoms with van der Waals surface area (Å²) >= 11 is 0. The van der Waals surface area contributed by atoms with Gasteiger partial charge in [0.15, 0.2) is 0 Å². The van der Waals surface area contributed by atoms with Crippen LogP contribution in [0.5, 0.6) is 0 Å². The average Bonchev–Trinajstić information content (AvgIpc) is 2.19. The Kier molecular flexibility index (Phi) is 15.0. The quantitative estimate of drug-likeness (QED) is 0.515. The minimum absolute atomic E-state index is 0.571. The molecule has 0 nitrogen and oxygen atoms in total. The van der Waals surface area contributed by atoms with Gasteiger partial charge in [-0.2, -0.15) is 13.2 Å². The minimum atomic E-state index is -4.19. The van der Waals surface area contributed by atoms with Crippen molar-refractivity contribution in [1.29, 1.82) is 0 Å². The molecule has 0 saturated carbocycles. The van der Waals surface area contributed by atoms with E-state index in [4.69, 9.17) is 0 Å². The summed E-state index contributed by atoms with van der Waals surface area (Å²) < 4.78 is 35.4. The number of rotatable bonds is 1. The zero-order valence-electron chi connectivity index (χ0n) is 10.8. The molecular weight excluding hydrogens is 201 g/mol. The maximum absolute atomic E-state index is 11.8. The van der Waals surface area contributed by atoms with Gasteiger partial charge in [0.2, 0.25) is 0 Å². The van der Waals surface area contributed by atoms with Crippen molar-refractivity contribution < 1.29 is 13.2 Å². The molecule has 0 rings (SSSR count). The SMILES string of the molecule is CC.CC.CC(C)=C/C=C(\C)C(F)(F)F. The van der Waals surface area contributed by atoms with Gasteiger partial charge in [0.25, 0.3) is 0 Å². The number of allylic oxidation sites excluding steroid dienone is 4. The fourth-order valence-corrected chi connectivity index (χ4v) is 0.386. The molecule has 0 aliphatic carbocycles. The van der Waals surface area contributed by atoms with E-state index in [-0.39, 0.29) is 0 Å². The Hall–Kier alpha value is -0.730. The van der Waals surface area contributed by atoms with Gasteiger partial charge in [0, 0.05) is 5.57 Å². The highest BCUT2D eigenvalue weighted by Gasteiger charge is 2.29. The second kappa shape index (κ2) is 11.3. The summed E-state index contributed by atoms with van der Waals surface area (Å²) in [7, 11) is 0. The van der Waals surface area contributed by atoms with Gasteiger partial charge < -0.3 is 0 Å². The number of halogens is 3. The highest BCUT2D eigenvalue weighted by molar-refractivity contribution is 5.17. The predicted molar refractivity (Wildman–Crippen MR) is 61.9 cm³/mol. The molecule has 0 fully saturated rings. The van der Waals surface area contributed by atoms with E-state index in [0.717, 1.165) is 18.6 Å². The third-order valence-electron chi connectivity index (χ3n) is 1.11. The lowest BCUT2D eigenvalue weighted by atomic mass is 10.2. The molecule has 0 radical (unpaired) electrons. The molecule has 3 heteroatoms. The highest BCUT2D eigenvalue weighted by atomic mass is 19.4. The van der Waals surface area contributed by atoms with Crippen LogP contribution in [0.1, 0.15) is 48.5 Å². The summed E-state index contributed by atoms with van der Waals surface area (Å²) in [5.74, 6) is 0. The van der Waals surface area contributed by atoms with Crippen molar-refractivity contribution in [2.75, 3.05) is 0 Å². The van der Waals surface area contributed by atoms with Gasteiger partial charge in [-0.25, -0.2) is 0 Å². The summed E-state index contributed by atoms with van der Waals surface area (Å²) in [6.07, 6.45) is -1.66. The average molecular weight is 224 g/mol. The molecule has 0 aliphatic heterocycles. The van der Waals surface area contributed by atoms with Crippen molar-refractivity contribution in [3.63, 3.8) is 0 Å². The van der Waals surface area contributed by atoms with E-state index in [9.17, 15) is 13.2 Å². The first-order valence-electron chi connectivity index (χ1n) is 5.23. The van der Waals surface area contributed by atoms with Crippen LogP contribution in [0.25, 0.3) is 0 Å². The summed E-state index contributed by atoms with van der Waals surface area (Å²) in [4.78, 5) is 0. The highest BCUT2D eigenvalue weighted by Crippen LogP contribution is 2.24. The van der Waals surface area contributed by atoms with Gasteiger partial charge in [-0.1, -0.05) is 45.4 Å². The molecule has 0 heterocycles. The van der Waals surface area contributed by atoms with Crippen molar-refractivity contribution in [2.24, 2.45) is 0 Å². The maximum atomic E-state index is 11.8. The molecule has 15 heavy (non-hydrogen) atoms. The largest absolute Gasteiger partial charge is 0.412 e. The third kappa shape index (κ3) is 16.0. The van der Waals surface area contributed by atoms with Gasteiger partial charge >= 0.3 is 6.18 Å². The first kappa shape index (κ1) is 19.8. The van der Waals surface area contributed by atoms with Crippen molar-refractivity contribution >= 4 is 0 Å². The lowest BCUT2D eigenvalue weighted by Gasteiger charge is -2.04. The fourth-order valence-electron chi connectivity index (χ4n) is 0.386. The summed E-state index contributed by atoms with van der Waals surface area (Å²) in [5.41, 5.74) is 0.285. The number of alkyl halides is 3. The maximum Gasteiger partial charge on any atom is 0.412 e. The van der Waals surface area contributed by atoms with Crippen molar-refractivity contribution in [3.8, 4) is 0 Å². The van der Waals surface area contributed by atoms with Gasteiger partial charge in [-0.15, -0.1) is 0 Å². The first-order chi connectivity index (χ1) is 6.84. The first-order valence-corrected chi connectivity index (χ1v) is 5.23. The molecule has 0 aromatic carbocycles. The Labute approximate surface area is 91.9 Å². The van der Waals surface area contributed by atoms with E-state index >= 15 is 0 Å².